The molecular formula is C15H13ClFNO2. The fourth-order valence-corrected chi connectivity index (χ4v) is 1.92. The average molecular weight is 294 g/mol. The van der Waals surface area contributed by atoms with Crippen LogP contribution in [0.25, 0.3) is 0 Å². The molecule has 0 aromatic heterocycles. The second-order valence-electron chi connectivity index (χ2n) is 4.11. The SMILES string of the molecule is COc1cc(NC(=O)C(Cl)c2ccccc2)ccc1F. The number of carbonyl (C=O) groups is 1. The standard InChI is InChI=1S/C15H13ClFNO2/c1-20-13-9-11(7-8-12(13)17)18-15(19)14(16)10-5-3-2-4-6-10/h2-9,14H,1H3,(H,18,19). The maximum Gasteiger partial charge on any atom is 0.246 e. The van der Waals surface area contributed by atoms with E-state index in [1.807, 2.05) is 6.07 Å². The van der Waals surface area contributed by atoms with E-state index in [-0.39, 0.29) is 11.7 Å². The number of amides is 1. The number of methoxy groups -OCH3 is 1. The van der Waals surface area contributed by atoms with Crippen LogP contribution in [0.1, 0.15) is 10.9 Å². The molecule has 1 unspecified atom stereocenters. The van der Waals surface area contributed by atoms with Crippen molar-refractivity contribution in [1.29, 1.82) is 0 Å². The van der Waals surface area contributed by atoms with Crippen LogP contribution in [0, 0.1) is 5.82 Å². The number of hydrogen-bond acceptors (Lipinski definition) is 2. The Kier molecular flexibility index (Phi) is 4.58. The molecule has 1 N–H and O–H groups in total. The topological polar surface area (TPSA) is 38.3 Å². The van der Waals surface area contributed by atoms with Crippen LogP contribution in [0.5, 0.6) is 5.75 Å². The maximum absolute atomic E-state index is 13.3. The summed E-state index contributed by atoms with van der Waals surface area (Å²) in [6, 6.07) is 13.1. The van der Waals surface area contributed by atoms with Crippen LogP contribution in [0.15, 0.2) is 48.5 Å². The fourth-order valence-electron chi connectivity index (χ4n) is 1.72. The van der Waals surface area contributed by atoms with Crippen molar-refractivity contribution in [1.82, 2.24) is 0 Å². The zero-order valence-corrected chi connectivity index (χ0v) is 11.5. The Balaban J connectivity index is 2.12. The van der Waals surface area contributed by atoms with E-state index in [1.54, 1.807) is 24.3 Å². The third kappa shape index (κ3) is 3.27. The van der Waals surface area contributed by atoms with Gasteiger partial charge in [-0.3, -0.25) is 4.79 Å². The molecular weight excluding hydrogens is 281 g/mol. The molecule has 0 aliphatic carbocycles. The van der Waals surface area contributed by atoms with Gasteiger partial charge < -0.3 is 10.1 Å². The summed E-state index contributed by atoms with van der Waals surface area (Å²) in [4.78, 5) is 12.0. The average Bonchev–Trinajstić information content (AvgIpc) is 2.49. The Labute approximate surface area is 121 Å². The molecule has 0 aliphatic heterocycles. The van der Waals surface area contributed by atoms with Crippen molar-refractivity contribution in [3.05, 3.63) is 59.9 Å². The third-order valence-electron chi connectivity index (χ3n) is 2.74. The van der Waals surface area contributed by atoms with Crippen LogP contribution >= 0.6 is 11.6 Å². The second kappa shape index (κ2) is 6.39. The highest BCUT2D eigenvalue weighted by Crippen LogP contribution is 2.25. The predicted octanol–water partition coefficient (Wildman–Crippen LogP) is 3.75. The van der Waals surface area contributed by atoms with Crippen molar-refractivity contribution in [2.75, 3.05) is 12.4 Å². The first kappa shape index (κ1) is 14.3. The Hall–Kier alpha value is -2.07. The van der Waals surface area contributed by atoms with E-state index in [2.05, 4.69) is 5.32 Å². The highest BCUT2D eigenvalue weighted by molar-refractivity contribution is 6.32. The van der Waals surface area contributed by atoms with Gasteiger partial charge in [-0.2, -0.15) is 0 Å². The molecule has 20 heavy (non-hydrogen) atoms. The summed E-state index contributed by atoms with van der Waals surface area (Å²) in [5.74, 6) is -0.809. The lowest BCUT2D eigenvalue weighted by molar-refractivity contribution is -0.116. The van der Waals surface area contributed by atoms with Gasteiger partial charge in [-0.05, 0) is 17.7 Å². The Morgan fingerprint density at radius 1 is 1.25 bits per heavy atom. The molecule has 0 spiro atoms. The molecule has 0 fully saturated rings. The van der Waals surface area contributed by atoms with Crippen molar-refractivity contribution >= 4 is 23.2 Å². The summed E-state index contributed by atoms with van der Waals surface area (Å²) < 4.78 is 18.1. The predicted molar refractivity (Wildman–Crippen MR) is 76.6 cm³/mol. The van der Waals surface area contributed by atoms with Gasteiger partial charge in [-0.25, -0.2) is 4.39 Å². The first-order valence-corrected chi connectivity index (χ1v) is 6.39. The number of halogens is 2. The minimum Gasteiger partial charge on any atom is -0.494 e. The van der Waals surface area contributed by atoms with E-state index < -0.39 is 11.2 Å². The van der Waals surface area contributed by atoms with E-state index in [0.717, 1.165) is 0 Å². The number of anilines is 1. The van der Waals surface area contributed by atoms with Crippen molar-refractivity contribution in [3.63, 3.8) is 0 Å². The molecule has 0 bridgehead atoms. The van der Waals surface area contributed by atoms with E-state index >= 15 is 0 Å². The molecule has 3 nitrogen and oxygen atoms in total. The molecule has 0 saturated heterocycles. The fraction of sp³-hybridized carbons (Fsp3) is 0.133. The Bertz CT molecular complexity index is 604. The van der Waals surface area contributed by atoms with Crippen LogP contribution in [-0.2, 0) is 4.79 Å². The normalized spacial score (nSPS) is 11.8. The number of benzene rings is 2. The Morgan fingerprint density at radius 2 is 1.95 bits per heavy atom. The van der Waals surface area contributed by atoms with Gasteiger partial charge in [0, 0.05) is 11.8 Å². The summed E-state index contributed by atoms with van der Waals surface area (Å²) in [7, 11) is 1.36. The van der Waals surface area contributed by atoms with Crippen molar-refractivity contribution < 1.29 is 13.9 Å². The largest absolute Gasteiger partial charge is 0.494 e. The van der Waals surface area contributed by atoms with Gasteiger partial charge in [0.25, 0.3) is 0 Å². The summed E-state index contributed by atoms with van der Waals surface area (Å²) in [6.07, 6.45) is 0. The molecule has 0 saturated carbocycles. The first-order valence-electron chi connectivity index (χ1n) is 5.95. The monoisotopic (exact) mass is 293 g/mol. The number of alkyl halides is 1. The van der Waals surface area contributed by atoms with Crippen LogP contribution < -0.4 is 10.1 Å². The molecule has 1 atom stereocenters. The smallest absolute Gasteiger partial charge is 0.246 e. The van der Waals surface area contributed by atoms with Crippen LogP contribution in [-0.4, -0.2) is 13.0 Å². The van der Waals surface area contributed by atoms with Crippen molar-refractivity contribution in [2.24, 2.45) is 0 Å². The number of ether oxygens (including phenoxy) is 1. The van der Waals surface area contributed by atoms with Gasteiger partial charge in [0.2, 0.25) is 5.91 Å². The van der Waals surface area contributed by atoms with E-state index in [1.165, 1.54) is 25.3 Å². The molecule has 0 radical (unpaired) electrons. The maximum atomic E-state index is 13.3. The van der Waals surface area contributed by atoms with E-state index in [4.69, 9.17) is 16.3 Å². The minimum atomic E-state index is -0.813. The molecule has 1 amide bonds. The molecule has 2 rings (SSSR count). The highest BCUT2D eigenvalue weighted by atomic mass is 35.5. The third-order valence-corrected chi connectivity index (χ3v) is 3.19. The lowest BCUT2D eigenvalue weighted by Crippen LogP contribution is -2.17. The zero-order valence-electron chi connectivity index (χ0n) is 10.8. The molecule has 0 aliphatic rings. The number of nitrogens with one attached hydrogen (secondary N) is 1. The van der Waals surface area contributed by atoms with Crippen LogP contribution in [0.3, 0.4) is 0 Å². The minimum absolute atomic E-state index is 0.0635. The van der Waals surface area contributed by atoms with E-state index in [0.29, 0.717) is 11.3 Å². The lowest BCUT2D eigenvalue weighted by Gasteiger charge is -2.11. The summed E-state index contributed by atoms with van der Waals surface area (Å²) in [5.41, 5.74) is 1.12. The highest BCUT2D eigenvalue weighted by Gasteiger charge is 2.17. The van der Waals surface area contributed by atoms with Crippen LogP contribution in [0.4, 0.5) is 10.1 Å². The zero-order chi connectivity index (χ0) is 14.5. The molecule has 2 aromatic rings. The van der Waals surface area contributed by atoms with Crippen LogP contribution in [0.2, 0.25) is 0 Å². The van der Waals surface area contributed by atoms with Gasteiger partial charge in [-0.15, -0.1) is 11.6 Å². The van der Waals surface area contributed by atoms with Gasteiger partial charge in [0.05, 0.1) is 7.11 Å². The molecule has 5 heteroatoms. The summed E-state index contributed by atoms with van der Waals surface area (Å²) in [5, 5.41) is 1.81. The number of rotatable bonds is 4. The summed E-state index contributed by atoms with van der Waals surface area (Å²) >= 11 is 6.09. The second-order valence-corrected chi connectivity index (χ2v) is 4.55. The van der Waals surface area contributed by atoms with Gasteiger partial charge in [0.1, 0.15) is 5.38 Å². The lowest BCUT2D eigenvalue weighted by atomic mass is 10.1. The summed E-state index contributed by atoms with van der Waals surface area (Å²) in [6.45, 7) is 0. The van der Waals surface area contributed by atoms with Gasteiger partial charge in [0.15, 0.2) is 11.6 Å². The first-order chi connectivity index (χ1) is 9.61. The van der Waals surface area contributed by atoms with Crippen molar-refractivity contribution in [2.45, 2.75) is 5.38 Å². The number of carbonyl (C=O) groups excluding carboxylic acids is 1. The quantitative estimate of drug-likeness (QED) is 0.872. The Morgan fingerprint density at radius 3 is 2.60 bits per heavy atom. The van der Waals surface area contributed by atoms with Gasteiger partial charge in [-0.1, -0.05) is 30.3 Å². The molecule has 0 heterocycles. The van der Waals surface area contributed by atoms with E-state index in [9.17, 15) is 9.18 Å². The van der Waals surface area contributed by atoms with Crippen molar-refractivity contribution in [3.8, 4) is 5.75 Å². The molecule has 2 aromatic carbocycles. The molecule has 104 valence electrons. The number of hydrogen-bond donors (Lipinski definition) is 1. The van der Waals surface area contributed by atoms with Gasteiger partial charge >= 0.3 is 0 Å².